The Balaban J connectivity index is 2.94. The lowest BCUT2D eigenvalue weighted by Crippen LogP contribution is -2.00. The molecule has 0 bridgehead atoms. The summed E-state index contributed by atoms with van der Waals surface area (Å²) < 4.78 is 1.19. The smallest absolute Gasteiger partial charge is 0.163 e. The van der Waals surface area contributed by atoms with E-state index in [9.17, 15) is 4.79 Å². The summed E-state index contributed by atoms with van der Waals surface area (Å²) in [7, 11) is 0. The molecule has 1 aromatic rings. The minimum Gasteiger partial charge on any atom is -0.294 e. The number of benzene rings is 1. The van der Waals surface area contributed by atoms with Crippen LogP contribution in [-0.2, 0) is 5.33 Å². The van der Waals surface area contributed by atoms with E-state index in [4.69, 9.17) is 0 Å². The molecule has 0 radical (unpaired) electrons. The Morgan fingerprint density at radius 1 is 1.36 bits per heavy atom. The highest BCUT2D eigenvalue weighted by molar-refractivity contribution is 14.1. The van der Waals surface area contributed by atoms with Gasteiger partial charge in [-0.25, -0.2) is 0 Å². The van der Waals surface area contributed by atoms with E-state index in [1.165, 1.54) is 9.13 Å². The molecule has 0 aliphatic rings. The molecule has 0 N–H and O–H groups in total. The van der Waals surface area contributed by atoms with Crippen molar-refractivity contribution in [2.75, 3.05) is 5.33 Å². The largest absolute Gasteiger partial charge is 0.294 e. The van der Waals surface area contributed by atoms with E-state index in [1.54, 1.807) is 0 Å². The Labute approximate surface area is 114 Å². The fraction of sp³-hybridized carbons (Fsp3) is 0.300. The van der Waals surface area contributed by atoms with Gasteiger partial charge in [-0.1, -0.05) is 37.9 Å². The van der Waals surface area contributed by atoms with Crippen molar-refractivity contribution in [1.82, 2.24) is 0 Å². The molecule has 0 amide bonds. The third-order valence-electron chi connectivity index (χ3n) is 1.83. The van der Waals surface area contributed by atoms with Crippen LogP contribution in [0, 0.1) is 3.57 Å². The Morgan fingerprint density at radius 2 is 2.07 bits per heavy atom. The lowest BCUT2D eigenvalue weighted by molar-refractivity contribution is 0.0990. The molecule has 0 heterocycles. The van der Waals surface area contributed by atoms with Crippen LogP contribution in [0.1, 0.15) is 22.3 Å². The molecule has 0 unspecified atom stereocenters. The van der Waals surface area contributed by atoms with Gasteiger partial charge in [0.25, 0.3) is 0 Å². The average Bonchev–Trinajstić information content (AvgIpc) is 2.19. The first-order valence-electron chi connectivity index (χ1n) is 4.12. The van der Waals surface area contributed by atoms with Crippen molar-refractivity contribution in [3.8, 4) is 0 Å². The van der Waals surface area contributed by atoms with Crippen molar-refractivity contribution < 1.29 is 4.79 Å². The molecule has 0 aliphatic carbocycles. The highest BCUT2D eigenvalue weighted by Crippen LogP contribution is 2.18. The Morgan fingerprint density at radius 3 is 2.64 bits per heavy atom. The van der Waals surface area contributed by atoms with Crippen LogP contribution in [0.2, 0.25) is 0 Å². The number of carbonyl (C=O) groups is 1. The summed E-state index contributed by atoms with van der Waals surface area (Å²) >= 11 is 8.94. The van der Waals surface area contributed by atoms with Crippen LogP contribution in [0.3, 0.4) is 0 Å². The molecule has 0 fully saturated rings. The van der Waals surface area contributed by atoms with Crippen LogP contribution in [0.25, 0.3) is 0 Å². The quantitative estimate of drug-likeness (QED) is 0.397. The van der Waals surface area contributed by atoms with Gasteiger partial charge in [-0.15, -0.1) is 0 Å². The summed E-state index contributed by atoms with van der Waals surface area (Å²) in [6.45, 7) is 0. The van der Waals surface area contributed by atoms with Crippen molar-refractivity contribution in [1.29, 1.82) is 0 Å². The first-order valence-corrected chi connectivity index (χ1v) is 7.44. The number of carbonyl (C=O) groups excluding carboxylic acids is 1. The summed E-state index contributed by atoms with van der Waals surface area (Å²) in [6, 6.07) is 5.83. The van der Waals surface area contributed by atoms with E-state index in [1.807, 2.05) is 18.2 Å². The van der Waals surface area contributed by atoms with Gasteiger partial charge in [-0.3, -0.25) is 4.79 Å². The molecule has 0 saturated heterocycles. The molecule has 0 atom stereocenters. The molecule has 1 rings (SSSR count). The molecule has 4 heteroatoms. The summed E-state index contributed by atoms with van der Waals surface area (Å²) in [5.41, 5.74) is 1.98. The summed E-state index contributed by atoms with van der Waals surface area (Å²) in [5.74, 6) is 0.195. The van der Waals surface area contributed by atoms with E-state index in [-0.39, 0.29) is 5.78 Å². The zero-order valence-corrected chi connectivity index (χ0v) is 12.7. The van der Waals surface area contributed by atoms with Gasteiger partial charge >= 0.3 is 0 Å². The molecule has 76 valence electrons. The van der Waals surface area contributed by atoms with E-state index in [0.717, 1.165) is 16.2 Å². The fourth-order valence-electron chi connectivity index (χ4n) is 1.08. The number of hydrogen-bond acceptors (Lipinski definition) is 1. The molecule has 0 aromatic heterocycles. The van der Waals surface area contributed by atoms with Gasteiger partial charge in [0.1, 0.15) is 0 Å². The van der Waals surface area contributed by atoms with Crippen LogP contribution in [-0.4, -0.2) is 11.1 Å². The topological polar surface area (TPSA) is 17.1 Å². The van der Waals surface area contributed by atoms with Gasteiger partial charge in [0.05, 0.1) is 0 Å². The lowest BCUT2D eigenvalue weighted by Gasteiger charge is -2.03. The van der Waals surface area contributed by atoms with Gasteiger partial charge in [0.2, 0.25) is 0 Å². The average molecular weight is 432 g/mol. The van der Waals surface area contributed by atoms with E-state index >= 15 is 0 Å². The highest BCUT2D eigenvalue weighted by atomic mass is 127. The van der Waals surface area contributed by atoms with E-state index in [0.29, 0.717) is 6.42 Å². The standard InChI is InChI=1S/C10H9Br2IO/c11-4-3-10(14)7-1-2-9(13)8(5-7)6-12/h1-2,5H,3-4,6H2. The maximum atomic E-state index is 11.6. The molecule has 1 aromatic carbocycles. The first-order chi connectivity index (χ1) is 6.69. The second-order valence-electron chi connectivity index (χ2n) is 2.80. The van der Waals surface area contributed by atoms with Gasteiger partial charge in [0, 0.05) is 26.2 Å². The first kappa shape index (κ1) is 12.6. The number of alkyl halides is 2. The molecular weight excluding hydrogens is 423 g/mol. The Kier molecular flexibility index (Phi) is 5.62. The Bertz CT molecular complexity index is 339. The van der Waals surface area contributed by atoms with Gasteiger partial charge < -0.3 is 0 Å². The molecule has 0 aliphatic heterocycles. The maximum Gasteiger partial charge on any atom is 0.163 e. The van der Waals surface area contributed by atoms with Crippen molar-refractivity contribution in [3.63, 3.8) is 0 Å². The monoisotopic (exact) mass is 430 g/mol. The van der Waals surface area contributed by atoms with Crippen LogP contribution >= 0.6 is 54.5 Å². The third kappa shape index (κ3) is 3.31. The van der Waals surface area contributed by atoms with Crippen molar-refractivity contribution in [2.24, 2.45) is 0 Å². The number of ketones is 1. The van der Waals surface area contributed by atoms with Crippen LogP contribution in [0.15, 0.2) is 18.2 Å². The maximum absolute atomic E-state index is 11.6. The van der Waals surface area contributed by atoms with E-state index in [2.05, 4.69) is 54.5 Å². The van der Waals surface area contributed by atoms with Crippen LogP contribution < -0.4 is 0 Å². The minimum absolute atomic E-state index is 0.195. The number of halogens is 3. The predicted octanol–water partition coefficient (Wildman–Crippen LogP) is 4.15. The minimum atomic E-state index is 0.195. The van der Waals surface area contributed by atoms with Crippen LogP contribution in [0.4, 0.5) is 0 Å². The summed E-state index contributed by atoms with van der Waals surface area (Å²) in [4.78, 5) is 11.6. The third-order valence-corrected chi connectivity index (χ3v) is 3.89. The van der Waals surface area contributed by atoms with Gasteiger partial charge in [-0.05, 0) is 40.3 Å². The molecule has 0 spiro atoms. The lowest BCUT2D eigenvalue weighted by atomic mass is 10.1. The number of Topliss-reactive ketones (excluding diaryl/α,β-unsaturated/α-hetero) is 1. The molecular formula is C10H9Br2IO. The fourth-order valence-corrected chi connectivity index (χ4v) is 2.96. The molecule has 1 nitrogen and oxygen atoms in total. The second kappa shape index (κ2) is 6.23. The van der Waals surface area contributed by atoms with Crippen molar-refractivity contribution in [2.45, 2.75) is 11.8 Å². The second-order valence-corrected chi connectivity index (χ2v) is 5.32. The zero-order chi connectivity index (χ0) is 10.6. The highest BCUT2D eigenvalue weighted by Gasteiger charge is 2.07. The molecule has 14 heavy (non-hydrogen) atoms. The number of rotatable bonds is 4. The normalized spacial score (nSPS) is 10.2. The van der Waals surface area contributed by atoms with Gasteiger partial charge in [0.15, 0.2) is 5.78 Å². The molecule has 0 saturated carbocycles. The predicted molar refractivity (Wildman–Crippen MR) is 74.5 cm³/mol. The SMILES string of the molecule is O=C(CCBr)c1ccc(I)c(CBr)c1. The van der Waals surface area contributed by atoms with Crippen molar-refractivity contribution in [3.05, 3.63) is 32.9 Å². The zero-order valence-electron chi connectivity index (χ0n) is 7.40. The van der Waals surface area contributed by atoms with E-state index < -0.39 is 0 Å². The number of hydrogen-bond donors (Lipinski definition) is 0. The summed E-state index contributed by atoms with van der Waals surface area (Å²) in [6.07, 6.45) is 0.558. The Hall–Kier alpha value is 0.580. The summed E-state index contributed by atoms with van der Waals surface area (Å²) in [5, 5.41) is 1.52. The van der Waals surface area contributed by atoms with Crippen molar-refractivity contribution >= 4 is 60.2 Å². The van der Waals surface area contributed by atoms with Crippen LogP contribution in [0.5, 0.6) is 0 Å². The van der Waals surface area contributed by atoms with Gasteiger partial charge in [-0.2, -0.15) is 0 Å².